The van der Waals surface area contributed by atoms with Gasteiger partial charge in [0.2, 0.25) is 11.8 Å². The molecule has 1 N–H and O–H groups in total. The fraction of sp³-hybridized carbons (Fsp3) is 0.148. The van der Waals surface area contributed by atoms with Crippen LogP contribution in [0.1, 0.15) is 22.3 Å². The molecule has 6 heteroatoms. The second-order valence-corrected chi connectivity index (χ2v) is 9.01. The maximum absolute atomic E-state index is 12.7. The van der Waals surface area contributed by atoms with E-state index in [0.717, 1.165) is 44.3 Å². The van der Waals surface area contributed by atoms with Crippen LogP contribution in [0.25, 0.3) is 11.4 Å². The molecule has 0 atom stereocenters. The predicted octanol–water partition coefficient (Wildman–Crippen LogP) is 6.19. The van der Waals surface area contributed by atoms with Gasteiger partial charge in [0.25, 0.3) is 0 Å². The van der Waals surface area contributed by atoms with Crippen LogP contribution in [0.4, 0.5) is 5.69 Å². The molecule has 164 valence electrons. The number of ether oxygens (including phenoxy) is 1. The number of carbonyl (C=O) groups excluding carboxylic acids is 1. The number of nitrogens with zero attached hydrogens (tertiary/aromatic N) is 2. The Balaban J connectivity index is 1.45. The molecule has 0 saturated carbocycles. The Bertz CT molecular complexity index is 1340. The maximum atomic E-state index is 12.7. The fourth-order valence-corrected chi connectivity index (χ4v) is 4.68. The number of amides is 1. The average Bonchev–Trinajstić information content (AvgIpc) is 2.82. The van der Waals surface area contributed by atoms with E-state index in [0.29, 0.717) is 18.1 Å². The minimum absolute atomic E-state index is 0.0767. The summed E-state index contributed by atoms with van der Waals surface area (Å²) in [5.74, 6) is 2.18. The third-order valence-electron chi connectivity index (χ3n) is 5.46. The van der Waals surface area contributed by atoms with Gasteiger partial charge in [0.1, 0.15) is 10.8 Å². The molecule has 3 aromatic carbocycles. The lowest BCUT2D eigenvalue weighted by Crippen LogP contribution is -2.15. The van der Waals surface area contributed by atoms with Gasteiger partial charge >= 0.3 is 0 Å². The van der Waals surface area contributed by atoms with E-state index >= 15 is 0 Å². The van der Waals surface area contributed by atoms with Gasteiger partial charge in [-0.2, -0.15) is 4.98 Å². The van der Waals surface area contributed by atoms with Gasteiger partial charge < -0.3 is 10.1 Å². The van der Waals surface area contributed by atoms with Gasteiger partial charge in [0.05, 0.1) is 11.3 Å². The van der Waals surface area contributed by atoms with Crippen molar-refractivity contribution in [1.29, 1.82) is 0 Å². The number of rotatable bonds is 5. The van der Waals surface area contributed by atoms with Crippen molar-refractivity contribution in [3.63, 3.8) is 0 Å². The summed E-state index contributed by atoms with van der Waals surface area (Å²) >= 11 is 1.41. The van der Waals surface area contributed by atoms with Gasteiger partial charge in [0.15, 0.2) is 5.82 Å². The molecular weight excluding hydrogens is 430 g/mol. The zero-order valence-electron chi connectivity index (χ0n) is 18.5. The molecular formula is C27H23N3O2S. The molecule has 1 aromatic heterocycles. The Morgan fingerprint density at radius 1 is 1.00 bits per heavy atom. The Labute approximate surface area is 197 Å². The number of aromatic nitrogens is 2. The standard InChI is InChI=1S/C27H23N3O2S/c1-17-8-6-13-21(14-17)28-23(31)16-33-27-22-15-20-12-7-9-18(2)24(20)32-26(22)29-25(30-27)19-10-4-3-5-11-19/h3-14H,15-16H2,1-2H3,(H,28,31). The molecule has 0 saturated heterocycles. The highest BCUT2D eigenvalue weighted by atomic mass is 32.2. The summed E-state index contributed by atoms with van der Waals surface area (Å²) in [5, 5.41) is 3.74. The average molecular weight is 454 g/mol. The van der Waals surface area contributed by atoms with Crippen molar-refractivity contribution < 1.29 is 9.53 Å². The maximum Gasteiger partial charge on any atom is 0.234 e. The third kappa shape index (κ3) is 4.61. The first-order chi connectivity index (χ1) is 16.1. The number of hydrogen-bond acceptors (Lipinski definition) is 5. The molecule has 1 aliphatic rings. The molecule has 5 nitrogen and oxygen atoms in total. The van der Waals surface area contributed by atoms with Gasteiger partial charge in [-0.25, -0.2) is 4.98 Å². The summed E-state index contributed by atoms with van der Waals surface area (Å²) in [6.07, 6.45) is 0.670. The lowest BCUT2D eigenvalue weighted by molar-refractivity contribution is -0.113. The van der Waals surface area contributed by atoms with E-state index in [4.69, 9.17) is 14.7 Å². The molecule has 1 amide bonds. The van der Waals surface area contributed by atoms with Crippen molar-refractivity contribution in [2.45, 2.75) is 25.3 Å². The van der Waals surface area contributed by atoms with Gasteiger partial charge in [-0.1, -0.05) is 72.4 Å². The van der Waals surface area contributed by atoms with E-state index in [9.17, 15) is 4.79 Å². The number of carbonyl (C=O) groups is 1. The number of fused-ring (bicyclic) bond motifs is 2. The van der Waals surface area contributed by atoms with Gasteiger partial charge in [-0.3, -0.25) is 4.79 Å². The lowest BCUT2D eigenvalue weighted by Gasteiger charge is -2.23. The van der Waals surface area contributed by atoms with E-state index in [2.05, 4.69) is 11.4 Å². The normalized spacial score (nSPS) is 11.8. The first kappa shape index (κ1) is 21.2. The molecule has 0 fully saturated rings. The number of hydrogen-bond donors (Lipinski definition) is 1. The van der Waals surface area contributed by atoms with E-state index in [1.165, 1.54) is 11.8 Å². The molecule has 4 aromatic rings. The number of thioether (sulfide) groups is 1. The van der Waals surface area contributed by atoms with Crippen molar-refractivity contribution in [3.8, 4) is 23.0 Å². The number of nitrogens with one attached hydrogen (secondary N) is 1. The molecule has 5 rings (SSSR count). The first-order valence-corrected chi connectivity index (χ1v) is 11.8. The van der Waals surface area contributed by atoms with Gasteiger partial charge in [0, 0.05) is 17.7 Å². The first-order valence-electron chi connectivity index (χ1n) is 10.8. The van der Waals surface area contributed by atoms with E-state index in [1.54, 1.807) is 0 Å². The van der Waals surface area contributed by atoms with Gasteiger partial charge in [-0.05, 0) is 42.7 Å². The number of anilines is 1. The van der Waals surface area contributed by atoms with Crippen LogP contribution in [0.5, 0.6) is 11.6 Å². The zero-order chi connectivity index (χ0) is 22.8. The van der Waals surface area contributed by atoms with Crippen LogP contribution in [0.3, 0.4) is 0 Å². The van der Waals surface area contributed by atoms with Crippen LogP contribution in [-0.2, 0) is 11.2 Å². The van der Waals surface area contributed by atoms with Gasteiger partial charge in [-0.15, -0.1) is 0 Å². The van der Waals surface area contributed by atoms with E-state index in [1.807, 2.05) is 80.6 Å². The second-order valence-electron chi connectivity index (χ2n) is 8.05. The van der Waals surface area contributed by atoms with Crippen LogP contribution in [0.15, 0.2) is 77.8 Å². The van der Waals surface area contributed by atoms with Crippen molar-refractivity contribution in [2.24, 2.45) is 0 Å². The Kier molecular flexibility index (Phi) is 5.84. The lowest BCUT2D eigenvalue weighted by atomic mass is 10.0. The van der Waals surface area contributed by atoms with Crippen molar-refractivity contribution in [3.05, 3.63) is 95.1 Å². The topological polar surface area (TPSA) is 64.1 Å². The predicted molar refractivity (Wildman–Crippen MR) is 132 cm³/mol. The summed E-state index contributed by atoms with van der Waals surface area (Å²) in [6, 6.07) is 23.7. The summed E-state index contributed by atoms with van der Waals surface area (Å²) < 4.78 is 6.26. The zero-order valence-corrected chi connectivity index (χ0v) is 19.3. The molecule has 0 unspecified atom stereocenters. The highest BCUT2D eigenvalue weighted by Gasteiger charge is 2.25. The highest BCUT2D eigenvalue weighted by Crippen LogP contribution is 2.41. The van der Waals surface area contributed by atoms with E-state index < -0.39 is 0 Å². The van der Waals surface area contributed by atoms with Crippen LogP contribution >= 0.6 is 11.8 Å². The summed E-state index contributed by atoms with van der Waals surface area (Å²) in [4.78, 5) is 22.2. The molecule has 0 radical (unpaired) electrons. The highest BCUT2D eigenvalue weighted by molar-refractivity contribution is 8.00. The third-order valence-corrected chi connectivity index (χ3v) is 6.48. The minimum atomic E-state index is -0.0767. The minimum Gasteiger partial charge on any atom is -0.438 e. The van der Waals surface area contributed by atoms with Crippen molar-refractivity contribution in [1.82, 2.24) is 9.97 Å². The van der Waals surface area contributed by atoms with Crippen LogP contribution in [0.2, 0.25) is 0 Å². The van der Waals surface area contributed by atoms with Crippen molar-refractivity contribution >= 4 is 23.4 Å². The summed E-state index contributed by atoms with van der Waals surface area (Å²) in [7, 11) is 0. The molecule has 0 spiro atoms. The molecule has 33 heavy (non-hydrogen) atoms. The molecule has 2 heterocycles. The largest absolute Gasteiger partial charge is 0.438 e. The SMILES string of the molecule is Cc1cccc(NC(=O)CSc2nc(-c3ccccc3)nc3c2Cc2cccc(C)c2O3)c1. The number of benzene rings is 3. The monoisotopic (exact) mass is 453 g/mol. The summed E-state index contributed by atoms with van der Waals surface area (Å²) in [5.41, 5.74) is 5.90. The summed E-state index contributed by atoms with van der Waals surface area (Å²) in [6.45, 7) is 4.04. The molecule has 1 aliphatic heterocycles. The molecule has 0 aliphatic carbocycles. The van der Waals surface area contributed by atoms with E-state index in [-0.39, 0.29) is 11.7 Å². The Hall–Kier alpha value is -3.64. The quantitative estimate of drug-likeness (QED) is 0.254. The second kappa shape index (κ2) is 9.08. The van der Waals surface area contributed by atoms with Crippen LogP contribution in [0, 0.1) is 13.8 Å². The van der Waals surface area contributed by atoms with Crippen LogP contribution in [-0.4, -0.2) is 21.6 Å². The smallest absolute Gasteiger partial charge is 0.234 e. The molecule has 0 bridgehead atoms. The number of para-hydroxylation sites is 1. The Morgan fingerprint density at radius 2 is 1.82 bits per heavy atom. The van der Waals surface area contributed by atoms with Crippen LogP contribution < -0.4 is 10.1 Å². The Morgan fingerprint density at radius 3 is 2.64 bits per heavy atom. The van der Waals surface area contributed by atoms with Crippen molar-refractivity contribution in [2.75, 3.05) is 11.1 Å². The number of aryl methyl sites for hydroxylation is 2. The fourth-order valence-electron chi connectivity index (χ4n) is 3.85.